The summed E-state index contributed by atoms with van der Waals surface area (Å²) in [5.41, 5.74) is 6.05. The van der Waals surface area contributed by atoms with Gasteiger partial charge in [0.25, 0.3) is 0 Å². The molecule has 1 aromatic rings. The Hall–Kier alpha value is -1.08. The van der Waals surface area contributed by atoms with E-state index in [4.69, 9.17) is 10.5 Å². The first-order valence-corrected chi connectivity index (χ1v) is 6.48. The Bertz CT molecular complexity index is 400. The molecule has 0 aliphatic rings. The normalized spacial score (nSPS) is 13.2. The van der Waals surface area contributed by atoms with Gasteiger partial charge in [-0.2, -0.15) is 5.10 Å². The van der Waals surface area contributed by atoms with E-state index in [0.717, 1.165) is 10.2 Å². The number of nitrogens with two attached hydrogens (primary N) is 1. The van der Waals surface area contributed by atoms with Gasteiger partial charge in [-0.25, -0.2) is 4.79 Å². The number of carbonyl (C=O) groups is 1. The highest BCUT2D eigenvalue weighted by Gasteiger charge is 2.19. The average molecular weight is 319 g/mol. The summed E-state index contributed by atoms with van der Waals surface area (Å²) in [6.07, 6.45) is 1.21. The van der Waals surface area contributed by atoms with Gasteiger partial charge in [-0.15, -0.1) is 0 Å². The van der Waals surface area contributed by atoms with Gasteiger partial charge in [-0.1, -0.05) is 0 Å². The summed E-state index contributed by atoms with van der Waals surface area (Å²) < 4.78 is 6.00. The van der Waals surface area contributed by atoms with Crippen molar-refractivity contribution in [1.29, 1.82) is 0 Å². The lowest BCUT2D eigenvalue weighted by atomic mass is 10.1. The fraction of sp³-hybridized carbons (Fsp3) is 0.636. The Morgan fingerprint density at radius 1 is 1.67 bits per heavy atom. The molecule has 0 spiro atoms. The number of nitrogens with one attached hydrogen (secondary N) is 2. The van der Waals surface area contributed by atoms with Gasteiger partial charge in [-0.05, 0) is 36.7 Å². The molecule has 1 rings (SSSR count). The molecule has 0 aromatic carbocycles. The number of nitrogens with zero attached hydrogens (tertiary/aromatic N) is 1. The number of carbonyl (C=O) groups excluding carboxylic acids is 1. The number of rotatable bonds is 4. The Morgan fingerprint density at radius 3 is 2.78 bits per heavy atom. The van der Waals surface area contributed by atoms with Crippen molar-refractivity contribution < 1.29 is 9.53 Å². The molecule has 0 fully saturated rings. The second-order valence-electron chi connectivity index (χ2n) is 4.95. The summed E-state index contributed by atoms with van der Waals surface area (Å²) in [7, 11) is 0. The molecule has 7 heteroatoms. The highest BCUT2D eigenvalue weighted by Crippen LogP contribution is 2.21. The first-order valence-electron chi connectivity index (χ1n) is 5.69. The van der Waals surface area contributed by atoms with Gasteiger partial charge >= 0.3 is 6.09 Å². The molecule has 102 valence electrons. The summed E-state index contributed by atoms with van der Waals surface area (Å²) in [5, 5.41) is 9.46. The molecule has 0 saturated carbocycles. The third-order valence-corrected chi connectivity index (χ3v) is 2.84. The topological polar surface area (TPSA) is 93.0 Å². The minimum Gasteiger partial charge on any atom is -0.444 e. The van der Waals surface area contributed by atoms with E-state index in [9.17, 15) is 4.79 Å². The Balaban J connectivity index is 2.51. The zero-order valence-corrected chi connectivity index (χ0v) is 12.4. The molecular weight excluding hydrogens is 300 g/mol. The molecule has 1 aromatic heterocycles. The van der Waals surface area contributed by atoms with Crippen LogP contribution in [-0.4, -0.2) is 35.0 Å². The number of aromatic nitrogens is 2. The quantitative estimate of drug-likeness (QED) is 0.788. The third kappa shape index (κ3) is 4.66. The number of halogens is 1. The molecular formula is C11H19BrN4O2. The molecule has 1 unspecified atom stereocenters. The number of alkyl carbamates (subject to hydrolysis) is 1. The smallest absolute Gasteiger partial charge is 0.407 e. The van der Waals surface area contributed by atoms with Crippen LogP contribution in [0.2, 0.25) is 0 Å². The Kier molecular flexibility index (Phi) is 5.15. The second-order valence-corrected chi connectivity index (χ2v) is 5.80. The van der Waals surface area contributed by atoms with Crippen molar-refractivity contribution in [3.63, 3.8) is 0 Å². The van der Waals surface area contributed by atoms with Gasteiger partial charge in [-0.3, -0.25) is 5.10 Å². The minimum absolute atomic E-state index is 0.0330. The van der Waals surface area contributed by atoms with Crippen molar-refractivity contribution in [2.24, 2.45) is 5.73 Å². The summed E-state index contributed by atoms with van der Waals surface area (Å²) in [5.74, 6) is -0.0330. The minimum atomic E-state index is -0.503. The van der Waals surface area contributed by atoms with E-state index in [-0.39, 0.29) is 5.92 Å². The van der Waals surface area contributed by atoms with Crippen LogP contribution < -0.4 is 11.1 Å². The molecule has 1 amide bonds. The standard InChI is InChI=1S/C11H19BrN4O2/c1-11(2,3)18-10(17)14-5-7(4-13)9-8(12)6-15-16-9/h6-7H,4-5,13H2,1-3H3,(H,14,17)(H,15,16). The number of hydrogen-bond acceptors (Lipinski definition) is 4. The van der Waals surface area contributed by atoms with Crippen LogP contribution in [0.3, 0.4) is 0 Å². The number of H-pyrrole nitrogens is 1. The van der Waals surface area contributed by atoms with Crippen molar-refractivity contribution >= 4 is 22.0 Å². The summed E-state index contributed by atoms with van der Waals surface area (Å²) >= 11 is 3.37. The third-order valence-electron chi connectivity index (χ3n) is 2.20. The molecule has 0 bridgehead atoms. The van der Waals surface area contributed by atoms with E-state index in [1.165, 1.54) is 0 Å². The maximum atomic E-state index is 11.5. The summed E-state index contributed by atoms with van der Waals surface area (Å²) in [6, 6.07) is 0. The molecule has 18 heavy (non-hydrogen) atoms. The first-order chi connectivity index (χ1) is 8.33. The lowest BCUT2D eigenvalue weighted by Gasteiger charge is -2.21. The largest absolute Gasteiger partial charge is 0.444 e. The van der Waals surface area contributed by atoms with Crippen LogP contribution >= 0.6 is 15.9 Å². The van der Waals surface area contributed by atoms with E-state index in [1.807, 2.05) is 20.8 Å². The Labute approximate surface area is 115 Å². The van der Waals surface area contributed by atoms with Crippen LogP contribution in [0.5, 0.6) is 0 Å². The van der Waals surface area contributed by atoms with Crippen LogP contribution in [0, 0.1) is 0 Å². The van der Waals surface area contributed by atoms with Crippen LogP contribution in [-0.2, 0) is 4.74 Å². The summed E-state index contributed by atoms with van der Waals surface area (Å²) in [6.45, 7) is 6.25. The molecule has 0 aliphatic carbocycles. The van der Waals surface area contributed by atoms with E-state index in [0.29, 0.717) is 13.1 Å². The molecule has 0 aliphatic heterocycles. The fourth-order valence-corrected chi connectivity index (χ4v) is 1.91. The van der Waals surface area contributed by atoms with Crippen molar-refractivity contribution in [2.75, 3.05) is 13.1 Å². The average Bonchev–Trinajstić information content (AvgIpc) is 2.63. The van der Waals surface area contributed by atoms with Crippen molar-refractivity contribution in [2.45, 2.75) is 32.3 Å². The van der Waals surface area contributed by atoms with Gasteiger partial charge in [0.1, 0.15) is 5.60 Å². The highest BCUT2D eigenvalue weighted by atomic mass is 79.9. The predicted octanol–water partition coefficient (Wildman–Crippen LogP) is 1.74. The molecule has 6 nitrogen and oxygen atoms in total. The maximum Gasteiger partial charge on any atom is 0.407 e. The van der Waals surface area contributed by atoms with Gasteiger partial charge in [0.05, 0.1) is 16.4 Å². The highest BCUT2D eigenvalue weighted by molar-refractivity contribution is 9.10. The van der Waals surface area contributed by atoms with Crippen LogP contribution in [0.1, 0.15) is 32.4 Å². The van der Waals surface area contributed by atoms with Gasteiger partial charge in [0.15, 0.2) is 0 Å². The van der Waals surface area contributed by atoms with Crippen molar-refractivity contribution in [1.82, 2.24) is 15.5 Å². The number of aromatic amines is 1. The van der Waals surface area contributed by atoms with E-state index in [2.05, 4.69) is 31.4 Å². The molecule has 0 saturated heterocycles. The number of hydrogen-bond donors (Lipinski definition) is 3. The van der Waals surface area contributed by atoms with E-state index >= 15 is 0 Å². The van der Waals surface area contributed by atoms with Crippen molar-refractivity contribution in [3.05, 3.63) is 16.4 Å². The van der Waals surface area contributed by atoms with Crippen LogP contribution in [0.4, 0.5) is 4.79 Å². The fourth-order valence-electron chi connectivity index (χ4n) is 1.39. The molecule has 4 N–H and O–H groups in total. The predicted molar refractivity (Wildman–Crippen MR) is 72.3 cm³/mol. The van der Waals surface area contributed by atoms with Gasteiger partial charge < -0.3 is 15.8 Å². The molecule has 1 heterocycles. The van der Waals surface area contributed by atoms with Crippen LogP contribution in [0.15, 0.2) is 10.7 Å². The summed E-state index contributed by atoms with van der Waals surface area (Å²) in [4.78, 5) is 11.5. The van der Waals surface area contributed by atoms with E-state index in [1.54, 1.807) is 6.20 Å². The number of ether oxygens (including phenoxy) is 1. The van der Waals surface area contributed by atoms with Gasteiger partial charge in [0.2, 0.25) is 0 Å². The lowest BCUT2D eigenvalue weighted by Crippen LogP contribution is -2.36. The molecule has 1 atom stereocenters. The van der Waals surface area contributed by atoms with E-state index < -0.39 is 11.7 Å². The zero-order chi connectivity index (χ0) is 13.8. The second kappa shape index (κ2) is 6.19. The molecule has 0 radical (unpaired) electrons. The SMILES string of the molecule is CC(C)(C)OC(=O)NCC(CN)c1[nH]ncc1Br. The Morgan fingerprint density at radius 2 is 2.33 bits per heavy atom. The van der Waals surface area contributed by atoms with Gasteiger partial charge in [0, 0.05) is 19.0 Å². The number of amides is 1. The lowest BCUT2D eigenvalue weighted by molar-refractivity contribution is 0.0524. The first kappa shape index (κ1) is 15.0. The monoisotopic (exact) mass is 318 g/mol. The van der Waals surface area contributed by atoms with Crippen LogP contribution in [0.25, 0.3) is 0 Å². The van der Waals surface area contributed by atoms with Crippen molar-refractivity contribution in [3.8, 4) is 0 Å². The maximum absolute atomic E-state index is 11.5. The zero-order valence-electron chi connectivity index (χ0n) is 10.8.